The standard InChI is InChI=1S/C18H18F2N4O/c1-24-12-15(17(23-24)14-5-3-7-21-10-14)11-22-9-13-4-2-6-16(8-13)25-18(19)20/h2-8,10,12,18,22H,9,11H2,1H3. The van der Waals surface area contributed by atoms with Crippen molar-refractivity contribution < 1.29 is 13.5 Å². The van der Waals surface area contributed by atoms with E-state index < -0.39 is 6.61 Å². The summed E-state index contributed by atoms with van der Waals surface area (Å²) in [5, 5.41) is 7.79. The summed E-state index contributed by atoms with van der Waals surface area (Å²) >= 11 is 0. The molecule has 3 rings (SSSR count). The first-order chi connectivity index (χ1) is 12.1. The van der Waals surface area contributed by atoms with E-state index in [-0.39, 0.29) is 5.75 Å². The minimum atomic E-state index is -2.82. The van der Waals surface area contributed by atoms with Gasteiger partial charge < -0.3 is 10.1 Å². The van der Waals surface area contributed by atoms with Gasteiger partial charge in [0.2, 0.25) is 0 Å². The van der Waals surface area contributed by atoms with E-state index in [2.05, 4.69) is 20.1 Å². The van der Waals surface area contributed by atoms with E-state index in [0.29, 0.717) is 13.1 Å². The zero-order chi connectivity index (χ0) is 17.6. The molecule has 0 atom stereocenters. The highest BCUT2D eigenvalue weighted by Gasteiger charge is 2.10. The maximum Gasteiger partial charge on any atom is 0.387 e. The van der Waals surface area contributed by atoms with Crippen LogP contribution in [0.15, 0.2) is 55.0 Å². The average molecular weight is 344 g/mol. The summed E-state index contributed by atoms with van der Waals surface area (Å²) in [6.07, 6.45) is 5.45. The lowest BCUT2D eigenvalue weighted by atomic mass is 10.1. The van der Waals surface area contributed by atoms with Crippen LogP contribution in [0, 0.1) is 0 Å². The molecule has 130 valence electrons. The second-order valence-corrected chi connectivity index (χ2v) is 5.55. The van der Waals surface area contributed by atoms with E-state index >= 15 is 0 Å². The molecule has 0 spiro atoms. The van der Waals surface area contributed by atoms with E-state index in [9.17, 15) is 8.78 Å². The molecule has 5 nitrogen and oxygen atoms in total. The Morgan fingerprint density at radius 3 is 2.84 bits per heavy atom. The number of ether oxygens (including phenoxy) is 1. The predicted molar refractivity (Wildman–Crippen MR) is 90.1 cm³/mol. The van der Waals surface area contributed by atoms with Crippen molar-refractivity contribution in [1.29, 1.82) is 0 Å². The van der Waals surface area contributed by atoms with Gasteiger partial charge in [0, 0.05) is 49.9 Å². The smallest absolute Gasteiger partial charge is 0.387 e. The van der Waals surface area contributed by atoms with Crippen molar-refractivity contribution in [2.24, 2.45) is 7.05 Å². The molecular weight excluding hydrogens is 326 g/mol. The Morgan fingerprint density at radius 1 is 1.20 bits per heavy atom. The Morgan fingerprint density at radius 2 is 2.08 bits per heavy atom. The lowest BCUT2D eigenvalue weighted by molar-refractivity contribution is -0.0498. The van der Waals surface area contributed by atoms with Crippen LogP contribution in [0.5, 0.6) is 5.75 Å². The Labute approximate surface area is 144 Å². The quantitative estimate of drug-likeness (QED) is 0.714. The number of aromatic nitrogens is 3. The number of nitrogens with one attached hydrogen (secondary N) is 1. The van der Waals surface area contributed by atoms with Crippen LogP contribution >= 0.6 is 0 Å². The van der Waals surface area contributed by atoms with Crippen molar-refractivity contribution >= 4 is 0 Å². The molecule has 7 heteroatoms. The number of benzene rings is 1. The Balaban J connectivity index is 1.65. The second kappa shape index (κ2) is 7.85. The normalized spacial score (nSPS) is 11.0. The fraction of sp³-hybridized carbons (Fsp3) is 0.222. The fourth-order valence-corrected chi connectivity index (χ4v) is 2.59. The Hall–Kier alpha value is -2.80. The summed E-state index contributed by atoms with van der Waals surface area (Å²) in [5.74, 6) is 0.159. The highest BCUT2D eigenvalue weighted by atomic mass is 19.3. The van der Waals surface area contributed by atoms with Crippen LogP contribution in [0.1, 0.15) is 11.1 Å². The van der Waals surface area contributed by atoms with Gasteiger partial charge in [0.25, 0.3) is 0 Å². The summed E-state index contributed by atoms with van der Waals surface area (Å²) in [6, 6.07) is 10.5. The van der Waals surface area contributed by atoms with Crippen LogP contribution < -0.4 is 10.1 Å². The van der Waals surface area contributed by atoms with E-state index in [4.69, 9.17) is 0 Å². The number of alkyl halides is 2. The van der Waals surface area contributed by atoms with E-state index in [1.54, 1.807) is 29.2 Å². The first-order valence-electron chi connectivity index (χ1n) is 7.79. The molecule has 0 radical (unpaired) electrons. The lowest BCUT2D eigenvalue weighted by Crippen LogP contribution is -2.13. The number of aryl methyl sites for hydroxylation is 1. The summed E-state index contributed by atoms with van der Waals surface area (Å²) in [6.45, 7) is -1.69. The van der Waals surface area contributed by atoms with Crippen molar-refractivity contribution in [1.82, 2.24) is 20.1 Å². The number of halogens is 2. The first-order valence-corrected chi connectivity index (χ1v) is 7.79. The highest BCUT2D eigenvalue weighted by Crippen LogP contribution is 2.21. The van der Waals surface area contributed by atoms with Crippen molar-refractivity contribution in [3.8, 4) is 17.0 Å². The van der Waals surface area contributed by atoms with Crippen LogP contribution in [-0.2, 0) is 20.1 Å². The fourth-order valence-electron chi connectivity index (χ4n) is 2.59. The maximum absolute atomic E-state index is 12.3. The zero-order valence-electron chi connectivity index (χ0n) is 13.7. The number of pyridine rings is 1. The molecule has 0 saturated heterocycles. The van der Waals surface area contributed by atoms with Gasteiger partial charge in [-0.2, -0.15) is 13.9 Å². The Bertz CT molecular complexity index is 821. The summed E-state index contributed by atoms with van der Waals surface area (Å²) in [7, 11) is 1.87. The average Bonchev–Trinajstić information content (AvgIpc) is 2.96. The number of hydrogen-bond donors (Lipinski definition) is 1. The van der Waals surface area contributed by atoms with Gasteiger partial charge in [-0.05, 0) is 29.8 Å². The molecule has 0 unspecified atom stereocenters. The van der Waals surface area contributed by atoms with Crippen molar-refractivity contribution in [2.75, 3.05) is 0 Å². The molecular formula is C18H18F2N4O. The molecule has 1 aromatic carbocycles. The molecule has 2 heterocycles. The third-order valence-electron chi connectivity index (χ3n) is 3.61. The van der Waals surface area contributed by atoms with E-state index in [1.165, 1.54) is 6.07 Å². The third-order valence-corrected chi connectivity index (χ3v) is 3.61. The van der Waals surface area contributed by atoms with Gasteiger partial charge >= 0.3 is 6.61 Å². The molecule has 0 fully saturated rings. The van der Waals surface area contributed by atoms with Crippen LogP contribution in [-0.4, -0.2) is 21.4 Å². The van der Waals surface area contributed by atoms with Crippen molar-refractivity contribution in [3.05, 3.63) is 66.1 Å². The molecule has 0 aliphatic heterocycles. The SMILES string of the molecule is Cn1cc(CNCc2cccc(OC(F)F)c2)c(-c2cccnc2)n1. The Kier molecular flexibility index (Phi) is 5.35. The van der Waals surface area contributed by atoms with Gasteiger partial charge in [-0.25, -0.2) is 0 Å². The van der Waals surface area contributed by atoms with Crippen molar-refractivity contribution in [3.63, 3.8) is 0 Å². The molecule has 0 saturated carbocycles. The summed E-state index contributed by atoms with van der Waals surface area (Å²) in [4.78, 5) is 4.13. The van der Waals surface area contributed by atoms with Gasteiger partial charge in [-0.15, -0.1) is 0 Å². The van der Waals surface area contributed by atoms with Crippen LogP contribution in [0.2, 0.25) is 0 Å². The highest BCUT2D eigenvalue weighted by molar-refractivity contribution is 5.61. The molecule has 3 aromatic rings. The largest absolute Gasteiger partial charge is 0.435 e. The molecule has 0 amide bonds. The van der Waals surface area contributed by atoms with Crippen molar-refractivity contribution in [2.45, 2.75) is 19.7 Å². The topological polar surface area (TPSA) is 52.0 Å². The third kappa shape index (κ3) is 4.60. The zero-order valence-corrected chi connectivity index (χ0v) is 13.7. The van der Waals surface area contributed by atoms with Gasteiger partial charge in [0.05, 0.1) is 5.69 Å². The summed E-state index contributed by atoms with van der Waals surface area (Å²) in [5.41, 5.74) is 3.73. The molecule has 0 aliphatic rings. The molecule has 1 N–H and O–H groups in total. The van der Waals surface area contributed by atoms with E-state index in [0.717, 1.165) is 22.4 Å². The maximum atomic E-state index is 12.3. The predicted octanol–water partition coefficient (Wildman–Crippen LogP) is 3.37. The number of hydrogen-bond acceptors (Lipinski definition) is 4. The second-order valence-electron chi connectivity index (χ2n) is 5.55. The lowest BCUT2D eigenvalue weighted by Gasteiger charge is -2.08. The van der Waals surface area contributed by atoms with Gasteiger partial charge in [-0.3, -0.25) is 9.67 Å². The van der Waals surface area contributed by atoms with Crippen LogP contribution in [0.4, 0.5) is 8.78 Å². The summed E-state index contributed by atoms with van der Waals surface area (Å²) < 4.78 is 30.7. The number of rotatable bonds is 7. The minimum absolute atomic E-state index is 0.159. The van der Waals surface area contributed by atoms with Gasteiger partial charge in [0.15, 0.2) is 0 Å². The first kappa shape index (κ1) is 17.0. The van der Waals surface area contributed by atoms with Crippen LogP contribution in [0.25, 0.3) is 11.3 Å². The minimum Gasteiger partial charge on any atom is -0.435 e. The molecule has 0 bridgehead atoms. The molecule has 2 aromatic heterocycles. The van der Waals surface area contributed by atoms with E-state index in [1.807, 2.05) is 31.4 Å². The molecule has 25 heavy (non-hydrogen) atoms. The monoisotopic (exact) mass is 344 g/mol. The van der Waals surface area contributed by atoms with Gasteiger partial charge in [-0.1, -0.05) is 12.1 Å². The van der Waals surface area contributed by atoms with Crippen LogP contribution in [0.3, 0.4) is 0 Å². The van der Waals surface area contributed by atoms with Gasteiger partial charge in [0.1, 0.15) is 5.75 Å². The molecule has 0 aliphatic carbocycles. The number of nitrogens with zero attached hydrogens (tertiary/aromatic N) is 3.